The van der Waals surface area contributed by atoms with E-state index in [-0.39, 0.29) is 0 Å². The molecular formula is C36H71N2+. The number of imidazole rings is 1. The molecule has 0 radical (unpaired) electrons. The van der Waals surface area contributed by atoms with Crippen LogP contribution in [-0.2, 0) is 19.5 Å². The Bertz CT molecular complexity index is 590. The summed E-state index contributed by atoms with van der Waals surface area (Å²) in [5.74, 6) is 1.61. The van der Waals surface area contributed by atoms with Crippen LogP contribution in [0.5, 0.6) is 0 Å². The summed E-state index contributed by atoms with van der Waals surface area (Å²) in [7, 11) is 0. The number of unbranched alkanes of at least 4 members (excludes halogenated alkanes) is 24. The van der Waals surface area contributed by atoms with Crippen molar-refractivity contribution in [3.8, 4) is 0 Å². The van der Waals surface area contributed by atoms with Gasteiger partial charge in [-0.3, -0.25) is 0 Å². The first-order chi connectivity index (χ1) is 18.8. The summed E-state index contributed by atoms with van der Waals surface area (Å²) in [5, 5.41) is 0. The highest BCUT2D eigenvalue weighted by Gasteiger charge is 2.16. The minimum Gasteiger partial charge on any atom is -0.234 e. The van der Waals surface area contributed by atoms with Gasteiger partial charge in [-0.05, 0) is 32.1 Å². The zero-order chi connectivity index (χ0) is 27.4. The normalized spacial score (nSPS) is 11.6. The lowest BCUT2D eigenvalue weighted by Crippen LogP contribution is -2.37. The highest BCUT2D eigenvalue weighted by molar-refractivity contribution is 4.84. The molecular weight excluding hydrogens is 460 g/mol. The van der Waals surface area contributed by atoms with Crippen LogP contribution < -0.4 is 4.57 Å². The Hall–Kier alpha value is -0.790. The van der Waals surface area contributed by atoms with E-state index in [1.54, 1.807) is 5.82 Å². The predicted molar refractivity (Wildman–Crippen MR) is 170 cm³/mol. The van der Waals surface area contributed by atoms with Crippen LogP contribution in [0.2, 0.25) is 0 Å². The van der Waals surface area contributed by atoms with Crippen molar-refractivity contribution in [1.82, 2.24) is 4.57 Å². The molecule has 1 aromatic heterocycles. The highest BCUT2D eigenvalue weighted by atomic mass is 15.1. The van der Waals surface area contributed by atoms with Gasteiger partial charge in [0, 0.05) is 6.42 Å². The van der Waals surface area contributed by atoms with Crippen LogP contribution >= 0.6 is 0 Å². The Balaban J connectivity index is 2.27. The molecule has 0 unspecified atom stereocenters. The van der Waals surface area contributed by atoms with Crippen LogP contribution in [-0.4, -0.2) is 4.57 Å². The Labute approximate surface area is 240 Å². The van der Waals surface area contributed by atoms with Gasteiger partial charge in [-0.1, -0.05) is 162 Å². The van der Waals surface area contributed by atoms with E-state index in [9.17, 15) is 0 Å². The Kier molecular flexibility index (Phi) is 25.7. The maximum atomic E-state index is 2.62. The summed E-state index contributed by atoms with van der Waals surface area (Å²) in [6.45, 7) is 9.39. The van der Waals surface area contributed by atoms with E-state index in [0.717, 1.165) is 0 Å². The fourth-order valence-electron chi connectivity index (χ4n) is 5.97. The molecule has 0 N–H and O–H groups in total. The molecule has 2 heteroatoms. The summed E-state index contributed by atoms with van der Waals surface area (Å²) >= 11 is 0. The number of aryl methyl sites for hydroxylation is 2. The van der Waals surface area contributed by atoms with E-state index >= 15 is 0 Å². The third-order valence-corrected chi connectivity index (χ3v) is 8.60. The molecule has 38 heavy (non-hydrogen) atoms. The fraction of sp³-hybridized carbons (Fsp3) is 0.917. The lowest BCUT2D eigenvalue weighted by Gasteiger charge is -2.07. The molecule has 0 saturated carbocycles. The molecule has 224 valence electrons. The van der Waals surface area contributed by atoms with Gasteiger partial charge in [0.1, 0.15) is 12.4 Å². The molecule has 0 aromatic carbocycles. The Morgan fingerprint density at radius 1 is 0.447 bits per heavy atom. The number of aromatic nitrogens is 2. The summed E-state index contributed by atoms with van der Waals surface area (Å²) in [6, 6.07) is 0. The molecule has 0 fully saturated rings. The van der Waals surface area contributed by atoms with Crippen LogP contribution in [0.15, 0.2) is 12.4 Å². The molecule has 0 aliphatic carbocycles. The summed E-state index contributed by atoms with van der Waals surface area (Å²) in [5.41, 5.74) is 0. The molecule has 0 spiro atoms. The molecule has 2 nitrogen and oxygen atoms in total. The molecule has 0 bridgehead atoms. The molecule has 0 aliphatic rings. The van der Waals surface area contributed by atoms with Gasteiger partial charge in [-0.2, -0.15) is 0 Å². The first kappa shape index (κ1) is 35.2. The van der Waals surface area contributed by atoms with Crippen molar-refractivity contribution in [1.29, 1.82) is 0 Å². The van der Waals surface area contributed by atoms with Crippen molar-refractivity contribution in [2.24, 2.45) is 0 Å². The average Bonchev–Trinajstić information content (AvgIpc) is 3.31. The van der Waals surface area contributed by atoms with Crippen LogP contribution in [0.3, 0.4) is 0 Å². The third-order valence-electron chi connectivity index (χ3n) is 8.60. The standard InChI is InChI=1S/C36H71N2/c1-4-7-10-13-16-17-18-19-20-21-24-27-30-33-38-35-34-37(32-29-26-23-15-12-9-6-3)36(38)31-28-25-22-14-11-8-5-2/h34-35H,4-33H2,1-3H3/q+1. The first-order valence-corrected chi connectivity index (χ1v) is 17.9. The highest BCUT2D eigenvalue weighted by Crippen LogP contribution is 2.14. The van der Waals surface area contributed by atoms with Gasteiger partial charge in [-0.25, -0.2) is 9.13 Å². The quantitative estimate of drug-likeness (QED) is 0.0689. The molecule has 0 amide bonds. The van der Waals surface area contributed by atoms with Gasteiger partial charge in [0.15, 0.2) is 0 Å². The molecule has 0 saturated heterocycles. The van der Waals surface area contributed by atoms with E-state index in [2.05, 4.69) is 42.3 Å². The van der Waals surface area contributed by atoms with Crippen LogP contribution in [0.4, 0.5) is 0 Å². The summed E-state index contributed by atoms with van der Waals surface area (Å²) < 4.78 is 5.24. The zero-order valence-corrected chi connectivity index (χ0v) is 26.8. The molecule has 0 atom stereocenters. The van der Waals surface area contributed by atoms with Crippen molar-refractivity contribution in [2.45, 2.75) is 214 Å². The largest absolute Gasteiger partial charge is 0.256 e. The van der Waals surface area contributed by atoms with E-state index in [1.807, 2.05) is 0 Å². The topological polar surface area (TPSA) is 8.81 Å². The van der Waals surface area contributed by atoms with Crippen molar-refractivity contribution in [2.75, 3.05) is 0 Å². The van der Waals surface area contributed by atoms with Gasteiger partial charge in [0.25, 0.3) is 5.82 Å². The average molecular weight is 532 g/mol. The minimum absolute atomic E-state index is 1.23. The summed E-state index contributed by atoms with van der Waals surface area (Å²) in [4.78, 5) is 0. The summed E-state index contributed by atoms with van der Waals surface area (Å²) in [6.07, 6.45) is 44.4. The molecule has 1 aromatic rings. The van der Waals surface area contributed by atoms with E-state index in [4.69, 9.17) is 0 Å². The van der Waals surface area contributed by atoms with Gasteiger partial charge < -0.3 is 0 Å². The van der Waals surface area contributed by atoms with Crippen molar-refractivity contribution >= 4 is 0 Å². The number of nitrogens with zero attached hydrogens (tertiary/aromatic N) is 2. The SMILES string of the molecule is CCCCCCCCCCCCCCCn1cc[n+](CCCCCCCCC)c1CCCCCCCCC. The third kappa shape index (κ3) is 20.2. The monoisotopic (exact) mass is 532 g/mol. The molecule has 1 rings (SSSR count). The maximum Gasteiger partial charge on any atom is 0.256 e. The van der Waals surface area contributed by atoms with E-state index in [0.29, 0.717) is 0 Å². The first-order valence-electron chi connectivity index (χ1n) is 17.9. The number of rotatable bonds is 30. The smallest absolute Gasteiger partial charge is 0.234 e. The van der Waals surface area contributed by atoms with Gasteiger partial charge in [-0.15, -0.1) is 0 Å². The molecule has 0 aliphatic heterocycles. The zero-order valence-electron chi connectivity index (χ0n) is 26.8. The van der Waals surface area contributed by atoms with Gasteiger partial charge in [0.05, 0.1) is 13.1 Å². The minimum atomic E-state index is 1.23. The van der Waals surface area contributed by atoms with Crippen molar-refractivity contribution in [3.63, 3.8) is 0 Å². The molecule has 1 heterocycles. The van der Waals surface area contributed by atoms with Gasteiger partial charge in [0.2, 0.25) is 0 Å². The van der Waals surface area contributed by atoms with Crippen molar-refractivity contribution in [3.05, 3.63) is 18.2 Å². The van der Waals surface area contributed by atoms with Gasteiger partial charge >= 0.3 is 0 Å². The van der Waals surface area contributed by atoms with E-state index in [1.165, 1.54) is 193 Å². The fourth-order valence-corrected chi connectivity index (χ4v) is 5.97. The lowest BCUT2D eigenvalue weighted by molar-refractivity contribution is -0.704. The Morgan fingerprint density at radius 2 is 0.816 bits per heavy atom. The van der Waals surface area contributed by atoms with Crippen molar-refractivity contribution < 1.29 is 4.57 Å². The lowest BCUT2D eigenvalue weighted by atomic mass is 10.0. The second-order valence-corrected chi connectivity index (χ2v) is 12.3. The second-order valence-electron chi connectivity index (χ2n) is 12.3. The Morgan fingerprint density at radius 3 is 1.26 bits per heavy atom. The van der Waals surface area contributed by atoms with E-state index < -0.39 is 0 Å². The van der Waals surface area contributed by atoms with Crippen LogP contribution in [0.25, 0.3) is 0 Å². The number of hydrogen-bond acceptors (Lipinski definition) is 0. The van der Waals surface area contributed by atoms with Crippen LogP contribution in [0, 0.1) is 0 Å². The predicted octanol–water partition coefficient (Wildman–Crippen LogP) is 11.9. The number of hydrogen-bond donors (Lipinski definition) is 0. The second kappa shape index (κ2) is 27.8. The maximum absolute atomic E-state index is 2.62. The van der Waals surface area contributed by atoms with Crippen LogP contribution in [0.1, 0.15) is 200 Å².